The minimum atomic E-state index is 0.0695. The number of hydrogen-bond donors (Lipinski definition) is 1. The summed E-state index contributed by atoms with van der Waals surface area (Å²) in [6, 6.07) is 8.01. The van der Waals surface area contributed by atoms with Gasteiger partial charge in [-0.25, -0.2) is 0 Å². The molecule has 2 aromatic rings. The lowest BCUT2D eigenvalue weighted by molar-refractivity contribution is 0.280. The standard InChI is InChI=1S/C17H22N2O2/c1-12-7-14(10-19-9-12)11-21-17-15(8-13(2)18)5-4-6-16(17)20-3/h4-7,9-10,13H,8,11,18H2,1-3H3. The van der Waals surface area contributed by atoms with Crippen molar-refractivity contribution in [1.29, 1.82) is 0 Å². The van der Waals surface area contributed by atoms with Crippen molar-refractivity contribution in [2.45, 2.75) is 32.9 Å². The summed E-state index contributed by atoms with van der Waals surface area (Å²) in [6.45, 7) is 4.45. The number of nitrogens with zero attached hydrogens (tertiary/aromatic N) is 1. The molecular weight excluding hydrogens is 264 g/mol. The van der Waals surface area contributed by atoms with E-state index in [1.165, 1.54) is 0 Å². The number of hydrogen-bond acceptors (Lipinski definition) is 4. The van der Waals surface area contributed by atoms with Crippen LogP contribution in [0.15, 0.2) is 36.7 Å². The number of rotatable bonds is 6. The molecule has 0 fully saturated rings. The first-order valence-electron chi connectivity index (χ1n) is 7.05. The Kier molecular flexibility index (Phi) is 5.17. The van der Waals surface area contributed by atoms with Gasteiger partial charge in [0.2, 0.25) is 0 Å². The van der Waals surface area contributed by atoms with Crippen molar-refractivity contribution in [3.63, 3.8) is 0 Å². The van der Waals surface area contributed by atoms with Gasteiger partial charge in [-0.15, -0.1) is 0 Å². The first kappa shape index (κ1) is 15.3. The third-order valence-electron chi connectivity index (χ3n) is 3.14. The summed E-state index contributed by atoms with van der Waals surface area (Å²) in [7, 11) is 1.64. The molecule has 2 rings (SSSR count). The fraction of sp³-hybridized carbons (Fsp3) is 0.353. The van der Waals surface area contributed by atoms with Crippen molar-refractivity contribution >= 4 is 0 Å². The molecule has 4 heteroatoms. The number of para-hydroxylation sites is 1. The van der Waals surface area contributed by atoms with Crippen molar-refractivity contribution < 1.29 is 9.47 Å². The van der Waals surface area contributed by atoms with E-state index >= 15 is 0 Å². The third-order valence-corrected chi connectivity index (χ3v) is 3.14. The molecule has 0 saturated heterocycles. The highest BCUT2D eigenvalue weighted by atomic mass is 16.5. The van der Waals surface area contributed by atoms with Gasteiger partial charge in [-0.3, -0.25) is 4.98 Å². The van der Waals surface area contributed by atoms with Gasteiger partial charge in [0.25, 0.3) is 0 Å². The van der Waals surface area contributed by atoms with Crippen LogP contribution in [0.2, 0.25) is 0 Å². The molecule has 0 saturated carbocycles. The second-order valence-corrected chi connectivity index (χ2v) is 5.29. The van der Waals surface area contributed by atoms with Gasteiger partial charge in [-0.2, -0.15) is 0 Å². The molecule has 112 valence electrons. The summed E-state index contributed by atoms with van der Waals surface area (Å²) < 4.78 is 11.4. The quantitative estimate of drug-likeness (QED) is 0.887. The third kappa shape index (κ3) is 4.20. The fourth-order valence-corrected chi connectivity index (χ4v) is 2.25. The lowest BCUT2D eigenvalue weighted by Crippen LogP contribution is -2.18. The molecule has 0 spiro atoms. The van der Waals surface area contributed by atoms with E-state index < -0.39 is 0 Å². The van der Waals surface area contributed by atoms with E-state index in [0.29, 0.717) is 6.61 Å². The van der Waals surface area contributed by atoms with Gasteiger partial charge in [-0.05, 0) is 43.5 Å². The predicted octanol–water partition coefficient (Wildman–Crippen LogP) is 2.87. The van der Waals surface area contributed by atoms with E-state index in [2.05, 4.69) is 11.1 Å². The number of aromatic nitrogens is 1. The highest BCUT2D eigenvalue weighted by Gasteiger charge is 2.12. The Morgan fingerprint density at radius 3 is 2.76 bits per heavy atom. The molecule has 1 unspecified atom stereocenters. The molecule has 1 atom stereocenters. The Bertz CT molecular complexity index is 597. The number of nitrogens with two attached hydrogens (primary N) is 1. The van der Waals surface area contributed by atoms with Gasteiger partial charge >= 0.3 is 0 Å². The largest absolute Gasteiger partial charge is 0.493 e. The molecule has 0 radical (unpaired) electrons. The molecule has 1 heterocycles. The van der Waals surface area contributed by atoms with E-state index in [4.69, 9.17) is 15.2 Å². The SMILES string of the molecule is COc1cccc(CC(C)N)c1OCc1cncc(C)c1. The van der Waals surface area contributed by atoms with Crippen LogP contribution < -0.4 is 15.2 Å². The van der Waals surface area contributed by atoms with E-state index in [-0.39, 0.29) is 6.04 Å². The second-order valence-electron chi connectivity index (χ2n) is 5.29. The summed E-state index contributed by atoms with van der Waals surface area (Å²) in [4.78, 5) is 4.18. The smallest absolute Gasteiger partial charge is 0.164 e. The summed E-state index contributed by atoms with van der Waals surface area (Å²) in [5, 5.41) is 0. The van der Waals surface area contributed by atoms with Crippen LogP contribution >= 0.6 is 0 Å². The zero-order valence-electron chi connectivity index (χ0n) is 12.8. The number of pyridine rings is 1. The molecule has 0 amide bonds. The Morgan fingerprint density at radius 1 is 1.29 bits per heavy atom. The zero-order chi connectivity index (χ0) is 15.2. The normalized spacial score (nSPS) is 12.0. The summed E-state index contributed by atoms with van der Waals surface area (Å²) in [5.41, 5.74) is 9.12. The molecule has 2 N–H and O–H groups in total. The fourth-order valence-electron chi connectivity index (χ4n) is 2.25. The minimum Gasteiger partial charge on any atom is -0.493 e. The average Bonchev–Trinajstić information content (AvgIpc) is 2.45. The Labute approximate surface area is 125 Å². The number of aryl methyl sites for hydroxylation is 1. The molecule has 0 aliphatic carbocycles. The van der Waals surface area contributed by atoms with Gasteiger partial charge in [-0.1, -0.05) is 12.1 Å². The van der Waals surface area contributed by atoms with Crippen molar-refractivity contribution in [3.8, 4) is 11.5 Å². The first-order valence-corrected chi connectivity index (χ1v) is 7.05. The van der Waals surface area contributed by atoms with Crippen LogP contribution in [0.5, 0.6) is 11.5 Å². The number of ether oxygens (including phenoxy) is 2. The number of methoxy groups -OCH3 is 1. The average molecular weight is 286 g/mol. The molecule has 1 aromatic carbocycles. The Hall–Kier alpha value is -2.07. The molecular formula is C17H22N2O2. The molecule has 0 bridgehead atoms. The molecule has 1 aromatic heterocycles. The Morgan fingerprint density at radius 2 is 2.10 bits per heavy atom. The Balaban J connectivity index is 2.21. The van der Waals surface area contributed by atoms with Gasteiger partial charge in [0.05, 0.1) is 7.11 Å². The maximum atomic E-state index is 5.98. The monoisotopic (exact) mass is 286 g/mol. The van der Waals surface area contributed by atoms with Crippen LogP contribution in [0.3, 0.4) is 0 Å². The minimum absolute atomic E-state index is 0.0695. The van der Waals surface area contributed by atoms with E-state index in [0.717, 1.165) is 34.6 Å². The molecule has 4 nitrogen and oxygen atoms in total. The maximum absolute atomic E-state index is 5.98. The van der Waals surface area contributed by atoms with E-state index in [1.807, 2.05) is 44.4 Å². The second kappa shape index (κ2) is 7.09. The highest BCUT2D eigenvalue weighted by molar-refractivity contribution is 5.47. The van der Waals surface area contributed by atoms with Crippen LogP contribution in [0.1, 0.15) is 23.6 Å². The topological polar surface area (TPSA) is 57.4 Å². The highest BCUT2D eigenvalue weighted by Crippen LogP contribution is 2.32. The van der Waals surface area contributed by atoms with Crippen molar-refractivity contribution in [2.24, 2.45) is 5.73 Å². The van der Waals surface area contributed by atoms with Gasteiger partial charge in [0.15, 0.2) is 11.5 Å². The van der Waals surface area contributed by atoms with E-state index in [1.54, 1.807) is 7.11 Å². The van der Waals surface area contributed by atoms with Crippen LogP contribution in [-0.2, 0) is 13.0 Å². The molecule has 0 aliphatic heterocycles. The molecule has 0 aliphatic rings. The van der Waals surface area contributed by atoms with Crippen LogP contribution in [0.4, 0.5) is 0 Å². The van der Waals surface area contributed by atoms with Crippen LogP contribution in [0.25, 0.3) is 0 Å². The van der Waals surface area contributed by atoms with Crippen LogP contribution in [0, 0.1) is 6.92 Å². The number of benzene rings is 1. The lowest BCUT2D eigenvalue weighted by atomic mass is 10.1. The van der Waals surface area contributed by atoms with Crippen molar-refractivity contribution in [2.75, 3.05) is 7.11 Å². The van der Waals surface area contributed by atoms with Gasteiger partial charge in [0, 0.05) is 24.0 Å². The van der Waals surface area contributed by atoms with Crippen molar-refractivity contribution in [1.82, 2.24) is 4.98 Å². The van der Waals surface area contributed by atoms with Crippen molar-refractivity contribution in [3.05, 3.63) is 53.3 Å². The lowest BCUT2D eigenvalue weighted by Gasteiger charge is -2.16. The summed E-state index contributed by atoms with van der Waals surface area (Å²) >= 11 is 0. The summed E-state index contributed by atoms with van der Waals surface area (Å²) in [5.74, 6) is 1.49. The summed E-state index contributed by atoms with van der Waals surface area (Å²) in [6.07, 6.45) is 4.39. The first-order chi connectivity index (χ1) is 10.1. The van der Waals surface area contributed by atoms with E-state index in [9.17, 15) is 0 Å². The zero-order valence-corrected chi connectivity index (χ0v) is 12.8. The maximum Gasteiger partial charge on any atom is 0.164 e. The van der Waals surface area contributed by atoms with Crippen LogP contribution in [-0.4, -0.2) is 18.1 Å². The predicted molar refractivity (Wildman–Crippen MR) is 83.7 cm³/mol. The molecule has 21 heavy (non-hydrogen) atoms. The van der Waals surface area contributed by atoms with Gasteiger partial charge in [0.1, 0.15) is 6.61 Å². The van der Waals surface area contributed by atoms with Gasteiger partial charge < -0.3 is 15.2 Å².